The summed E-state index contributed by atoms with van der Waals surface area (Å²) in [5.41, 5.74) is 2.20. The second-order valence-electron chi connectivity index (χ2n) is 3.05. The lowest BCUT2D eigenvalue weighted by atomic mass is 10.3. The molecule has 0 aromatic carbocycles. The Morgan fingerprint density at radius 2 is 2.23 bits per heavy atom. The van der Waals surface area contributed by atoms with Crippen molar-refractivity contribution in [3.63, 3.8) is 0 Å². The van der Waals surface area contributed by atoms with Gasteiger partial charge in [-0.25, -0.2) is 15.0 Å². The second kappa shape index (κ2) is 4.50. The van der Waals surface area contributed by atoms with Gasteiger partial charge in [-0.1, -0.05) is 5.57 Å². The van der Waals surface area contributed by atoms with Gasteiger partial charge in [0.25, 0.3) is 0 Å². The molecule has 0 saturated carbocycles. The third-order valence-corrected chi connectivity index (χ3v) is 1.47. The average Bonchev–Trinajstić information content (AvgIpc) is 2.08. The molecule has 0 bridgehead atoms. The Kier molecular flexibility index (Phi) is 3.31. The van der Waals surface area contributed by atoms with Crippen LogP contribution in [-0.2, 0) is 0 Å². The Morgan fingerprint density at radius 3 is 2.85 bits per heavy atom. The molecule has 0 saturated heterocycles. The molecule has 1 aromatic heterocycles. The summed E-state index contributed by atoms with van der Waals surface area (Å²) in [5, 5.41) is 0. The SMILES string of the molecule is CC(C)=CC=Nc1ncncc1C. The zero-order valence-electron chi connectivity index (χ0n) is 8.15. The highest BCUT2D eigenvalue weighted by molar-refractivity contribution is 5.74. The number of allylic oxidation sites excluding steroid dienone is 2. The fraction of sp³-hybridized carbons (Fsp3) is 0.300. The third-order valence-electron chi connectivity index (χ3n) is 1.47. The van der Waals surface area contributed by atoms with Crippen LogP contribution in [0.1, 0.15) is 19.4 Å². The maximum absolute atomic E-state index is 4.19. The van der Waals surface area contributed by atoms with Crippen molar-refractivity contribution in [2.24, 2.45) is 4.99 Å². The molecule has 0 radical (unpaired) electrons. The van der Waals surface area contributed by atoms with Crippen molar-refractivity contribution >= 4 is 12.0 Å². The normalized spacial score (nSPS) is 10.4. The number of aliphatic imine (C=N–C) groups is 1. The van der Waals surface area contributed by atoms with Crippen LogP contribution in [0.4, 0.5) is 5.82 Å². The first-order chi connectivity index (χ1) is 6.20. The predicted molar refractivity (Wildman–Crippen MR) is 54.4 cm³/mol. The van der Waals surface area contributed by atoms with E-state index in [1.54, 1.807) is 12.4 Å². The molecule has 0 N–H and O–H groups in total. The van der Waals surface area contributed by atoms with E-state index in [2.05, 4.69) is 15.0 Å². The van der Waals surface area contributed by atoms with E-state index in [1.807, 2.05) is 26.8 Å². The quantitative estimate of drug-likeness (QED) is 0.647. The van der Waals surface area contributed by atoms with Crippen molar-refractivity contribution in [1.29, 1.82) is 0 Å². The summed E-state index contributed by atoms with van der Waals surface area (Å²) < 4.78 is 0. The van der Waals surface area contributed by atoms with E-state index in [4.69, 9.17) is 0 Å². The zero-order chi connectivity index (χ0) is 9.68. The van der Waals surface area contributed by atoms with Gasteiger partial charge in [-0.3, -0.25) is 0 Å². The van der Waals surface area contributed by atoms with Crippen LogP contribution < -0.4 is 0 Å². The monoisotopic (exact) mass is 175 g/mol. The first-order valence-corrected chi connectivity index (χ1v) is 4.14. The molecule has 68 valence electrons. The van der Waals surface area contributed by atoms with Crippen LogP contribution in [0.2, 0.25) is 0 Å². The van der Waals surface area contributed by atoms with E-state index in [-0.39, 0.29) is 0 Å². The van der Waals surface area contributed by atoms with Crippen LogP contribution in [0, 0.1) is 6.92 Å². The number of hydrogen-bond donors (Lipinski definition) is 0. The molecule has 1 rings (SSSR count). The molecule has 0 spiro atoms. The van der Waals surface area contributed by atoms with E-state index >= 15 is 0 Å². The minimum Gasteiger partial charge on any atom is -0.244 e. The van der Waals surface area contributed by atoms with Crippen molar-refractivity contribution in [2.75, 3.05) is 0 Å². The van der Waals surface area contributed by atoms with Gasteiger partial charge >= 0.3 is 0 Å². The van der Waals surface area contributed by atoms with Crippen LogP contribution >= 0.6 is 0 Å². The van der Waals surface area contributed by atoms with Crippen LogP contribution in [0.5, 0.6) is 0 Å². The maximum Gasteiger partial charge on any atom is 0.158 e. The molecule has 13 heavy (non-hydrogen) atoms. The van der Waals surface area contributed by atoms with Crippen molar-refractivity contribution < 1.29 is 0 Å². The Bertz CT molecular complexity index is 336. The van der Waals surface area contributed by atoms with Crippen LogP contribution in [0.25, 0.3) is 0 Å². The number of rotatable bonds is 2. The van der Waals surface area contributed by atoms with Crippen molar-refractivity contribution in [3.05, 3.63) is 29.7 Å². The molecule has 0 aliphatic heterocycles. The second-order valence-corrected chi connectivity index (χ2v) is 3.05. The molecule has 0 atom stereocenters. The maximum atomic E-state index is 4.19. The third kappa shape index (κ3) is 3.15. The Morgan fingerprint density at radius 1 is 1.46 bits per heavy atom. The number of hydrogen-bond acceptors (Lipinski definition) is 3. The van der Waals surface area contributed by atoms with Crippen molar-refractivity contribution in [1.82, 2.24) is 9.97 Å². The molecule has 1 aromatic rings. The highest BCUT2D eigenvalue weighted by Gasteiger charge is 1.92. The highest BCUT2D eigenvalue weighted by Crippen LogP contribution is 2.10. The highest BCUT2D eigenvalue weighted by atomic mass is 14.9. The lowest BCUT2D eigenvalue weighted by Crippen LogP contribution is -1.82. The fourth-order valence-corrected chi connectivity index (χ4v) is 0.785. The summed E-state index contributed by atoms with van der Waals surface area (Å²) in [4.78, 5) is 12.1. The van der Waals surface area contributed by atoms with Crippen LogP contribution in [0.15, 0.2) is 29.2 Å². The first-order valence-electron chi connectivity index (χ1n) is 4.14. The van der Waals surface area contributed by atoms with Gasteiger partial charge in [0.05, 0.1) is 0 Å². The lowest BCUT2D eigenvalue weighted by Gasteiger charge is -1.94. The van der Waals surface area contributed by atoms with Crippen molar-refractivity contribution in [3.8, 4) is 0 Å². The number of aryl methyl sites for hydroxylation is 1. The van der Waals surface area contributed by atoms with Crippen molar-refractivity contribution in [2.45, 2.75) is 20.8 Å². The van der Waals surface area contributed by atoms with Gasteiger partial charge in [0.15, 0.2) is 5.82 Å². The standard InChI is InChI=1S/C10H13N3/c1-8(2)4-5-12-10-9(3)6-11-7-13-10/h4-7H,1-3H3. The summed E-state index contributed by atoms with van der Waals surface area (Å²) >= 11 is 0. The molecule has 0 amide bonds. The first kappa shape index (κ1) is 9.58. The zero-order valence-corrected chi connectivity index (χ0v) is 8.15. The molecule has 3 heteroatoms. The molecular formula is C10H13N3. The van der Waals surface area contributed by atoms with Gasteiger partial charge in [-0.05, 0) is 26.8 Å². The van der Waals surface area contributed by atoms with Gasteiger partial charge in [0.2, 0.25) is 0 Å². The summed E-state index contributed by atoms with van der Waals surface area (Å²) in [6.45, 7) is 5.99. The molecule has 1 heterocycles. The molecule has 0 fully saturated rings. The van der Waals surface area contributed by atoms with E-state index in [0.717, 1.165) is 11.4 Å². The largest absolute Gasteiger partial charge is 0.244 e. The molecule has 0 unspecified atom stereocenters. The minimum absolute atomic E-state index is 0.729. The van der Waals surface area contributed by atoms with Gasteiger partial charge < -0.3 is 0 Å². The van der Waals surface area contributed by atoms with Crippen LogP contribution in [-0.4, -0.2) is 16.2 Å². The minimum atomic E-state index is 0.729. The van der Waals surface area contributed by atoms with Crippen LogP contribution in [0.3, 0.4) is 0 Å². The molecule has 3 nitrogen and oxygen atoms in total. The summed E-state index contributed by atoms with van der Waals surface area (Å²) in [6, 6.07) is 0. The van der Waals surface area contributed by atoms with E-state index < -0.39 is 0 Å². The van der Waals surface area contributed by atoms with Gasteiger partial charge in [0, 0.05) is 18.0 Å². The smallest absolute Gasteiger partial charge is 0.158 e. The molecule has 0 aliphatic rings. The van der Waals surface area contributed by atoms with Gasteiger partial charge in [-0.15, -0.1) is 0 Å². The van der Waals surface area contributed by atoms with E-state index in [9.17, 15) is 0 Å². The summed E-state index contributed by atoms with van der Waals surface area (Å²) in [5.74, 6) is 0.729. The average molecular weight is 175 g/mol. The topological polar surface area (TPSA) is 38.1 Å². The predicted octanol–water partition coefficient (Wildman–Crippen LogP) is 2.45. The Balaban J connectivity index is 2.80. The Labute approximate surface area is 78.3 Å². The summed E-state index contributed by atoms with van der Waals surface area (Å²) in [6.07, 6.45) is 6.95. The number of aromatic nitrogens is 2. The molecule has 0 aliphatic carbocycles. The lowest BCUT2D eigenvalue weighted by molar-refractivity contribution is 1.12. The van der Waals surface area contributed by atoms with E-state index in [0.29, 0.717) is 0 Å². The summed E-state index contributed by atoms with van der Waals surface area (Å²) in [7, 11) is 0. The van der Waals surface area contributed by atoms with Gasteiger partial charge in [-0.2, -0.15) is 0 Å². The Hall–Kier alpha value is -1.51. The number of nitrogens with zero attached hydrogens (tertiary/aromatic N) is 3. The van der Waals surface area contributed by atoms with Gasteiger partial charge in [0.1, 0.15) is 6.33 Å². The fourth-order valence-electron chi connectivity index (χ4n) is 0.785. The molecular weight excluding hydrogens is 162 g/mol. The van der Waals surface area contributed by atoms with E-state index in [1.165, 1.54) is 11.9 Å².